The number of aromatic amines is 1. The second-order valence-electron chi connectivity index (χ2n) is 12.0. The van der Waals surface area contributed by atoms with Crippen LogP contribution < -0.4 is 21.7 Å². The lowest BCUT2D eigenvalue weighted by Gasteiger charge is -2.29. The average molecular weight is 596 g/mol. The van der Waals surface area contributed by atoms with Crippen LogP contribution in [0.15, 0.2) is 30.5 Å². The number of esters is 1. The van der Waals surface area contributed by atoms with Crippen molar-refractivity contribution in [3.63, 3.8) is 0 Å². The fourth-order valence-electron chi connectivity index (χ4n) is 5.93. The molecule has 12 nitrogen and oxygen atoms in total. The lowest BCUT2D eigenvalue weighted by atomic mass is 10.0. The molecule has 0 saturated carbocycles. The molecule has 2 saturated heterocycles. The molecular weight excluding hydrogens is 550 g/mol. The minimum Gasteiger partial charge on any atom is -0.460 e. The molecule has 2 aliphatic rings. The minimum absolute atomic E-state index is 0.0858. The molecule has 2 fully saturated rings. The first-order valence-corrected chi connectivity index (χ1v) is 15.4. The number of cyclic esters (lactones) is 1. The summed E-state index contributed by atoms with van der Waals surface area (Å²) in [5.74, 6) is -1.45. The summed E-state index contributed by atoms with van der Waals surface area (Å²) in [6.07, 6.45) is 5.25. The number of hydrogen-bond acceptors (Lipinski definition) is 6. The molecule has 0 aliphatic carbocycles. The van der Waals surface area contributed by atoms with Gasteiger partial charge in [-0.15, -0.1) is 0 Å². The van der Waals surface area contributed by atoms with Gasteiger partial charge < -0.3 is 36.3 Å². The van der Waals surface area contributed by atoms with Gasteiger partial charge in [0, 0.05) is 36.6 Å². The Balaban J connectivity index is 1.61. The Labute approximate surface area is 252 Å². The third-order valence-electron chi connectivity index (χ3n) is 8.16. The third-order valence-corrected chi connectivity index (χ3v) is 8.16. The van der Waals surface area contributed by atoms with Crippen LogP contribution in [0.2, 0.25) is 0 Å². The number of benzene rings is 1. The fraction of sp³-hybridized carbons (Fsp3) is 0.581. The number of hydrogen-bond donors (Lipinski definition) is 6. The molecular formula is C31H45N7O5. The Hall–Kier alpha value is -4.09. The molecule has 2 aromatic rings. The Bertz CT molecular complexity index is 1310. The fourth-order valence-corrected chi connectivity index (χ4v) is 5.93. The number of nitrogens with one attached hydrogen (secondary N) is 5. The van der Waals surface area contributed by atoms with Crippen molar-refractivity contribution in [2.75, 3.05) is 13.1 Å². The second kappa shape index (κ2) is 14.9. The highest BCUT2D eigenvalue weighted by atomic mass is 16.5. The Kier molecular flexibility index (Phi) is 11.0. The molecule has 1 aromatic carbocycles. The number of carbonyl (C=O) groups is 4. The van der Waals surface area contributed by atoms with E-state index in [0.717, 1.165) is 29.3 Å². The van der Waals surface area contributed by atoms with Crippen LogP contribution in [-0.4, -0.2) is 76.9 Å². The van der Waals surface area contributed by atoms with Crippen molar-refractivity contribution in [2.24, 2.45) is 11.7 Å². The maximum atomic E-state index is 14.0. The van der Waals surface area contributed by atoms with Crippen LogP contribution in [0.1, 0.15) is 70.8 Å². The summed E-state index contributed by atoms with van der Waals surface area (Å²) in [4.78, 5) is 59.2. The molecule has 3 amide bonds. The molecule has 1 unspecified atom stereocenters. The molecule has 0 radical (unpaired) electrons. The maximum Gasteiger partial charge on any atom is 0.328 e. The number of amides is 3. The van der Waals surface area contributed by atoms with E-state index in [2.05, 4.69) is 34.8 Å². The zero-order valence-electron chi connectivity index (χ0n) is 25.1. The molecule has 234 valence electrons. The van der Waals surface area contributed by atoms with E-state index >= 15 is 0 Å². The zero-order chi connectivity index (χ0) is 30.9. The van der Waals surface area contributed by atoms with Crippen LogP contribution in [0.4, 0.5) is 0 Å². The van der Waals surface area contributed by atoms with Crippen molar-refractivity contribution in [3.05, 3.63) is 36.0 Å². The maximum absolute atomic E-state index is 14.0. The normalized spacial score (nSPS) is 23.6. The lowest BCUT2D eigenvalue weighted by Crippen LogP contribution is -2.55. The van der Waals surface area contributed by atoms with Crippen molar-refractivity contribution < 1.29 is 23.9 Å². The van der Waals surface area contributed by atoms with Crippen LogP contribution in [0, 0.1) is 11.3 Å². The first-order valence-electron chi connectivity index (χ1n) is 15.4. The number of guanidine groups is 1. The number of fused-ring (bicyclic) bond motifs is 2. The van der Waals surface area contributed by atoms with Gasteiger partial charge in [0.05, 0.1) is 6.42 Å². The third kappa shape index (κ3) is 8.71. The monoisotopic (exact) mass is 595 g/mol. The molecule has 4 atom stereocenters. The SMILES string of the molecule is CC(C)CCCC1CC(=O)N[C@H](Cc2c[nH]c3ccccc23)C(=O)N2CCC[C@H]2C(=O)N[C@@H](CCCNC(=N)N)C(=O)O1. The smallest absolute Gasteiger partial charge is 0.328 e. The van der Waals surface area contributed by atoms with Gasteiger partial charge in [-0.05, 0) is 56.1 Å². The van der Waals surface area contributed by atoms with Crippen LogP contribution in [0.3, 0.4) is 0 Å². The Morgan fingerprint density at radius 3 is 2.67 bits per heavy atom. The van der Waals surface area contributed by atoms with E-state index in [1.807, 2.05) is 30.5 Å². The molecule has 4 rings (SSSR count). The lowest BCUT2D eigenvalue weighted by molar-refractivity contribution is -0.155. The second-order valence-corrected chi connectivity index (χ2v) is 12.0. The van der Waals surface area contributed by atoms with Crippen LogP contribution in [-0.2, 0) is 30.3 Å². The average Bonchev–Trinajstić information content (AvgIpc) is 3.61. The summed E-state index contributed by atoms with van der Waals surface area (Å²) < 4.78 is 5.89. The molecule has 0 spiro atoms. The quantitative estimate of drug-likeness (QED) is 0.105. The highest BCUT2D eigenvalue weighted by Gasteiger charge is 2.40. The summed E-state index contributed by atoms with van der Waals surface area (Å²) in [6.45, 7) is 4.94. The van der Waals surface area contributed by atoms with Gasteiger partial charge in [0.1, 0.15) is 24.2 Å². The van der Waals surface area contributed by atoms with Crippen molar-refractivity contribution in [1.29, 1.82) is 5.41 Å². The van der Waals surface area contributed by atoms with E-state index in [4.69, 9.17) is 15.9 Å². The van der Waals surface area contributed by atoms with E-state index in [-0.39, 0.29) is 37.0 Å². The van der Waals surface area contributed by atoms with Gasteiger partial charge >= 0.3 is 5.97 Å². The van der Waals surface area contributed by atoms with Gasteiger partial charge in [0.25, 0.3) is 0 Å². The number of carbonyl (C=O) groups excluding carboxylic acids is 4. The predicted molar refractivity (Wildman–Crippen MR) is 163 cm³/mol. The summed E-state index contributed by atoms with van der Waals surface area (Å²) in [7, 11) is 0. The van der Waals surface area contributed by atoms with Gasteiger partial charge in [-0.3, -0.25) is 19.8 Å². The van der Waals surface area contributed by atoms with Crippen LogP contribution in [0.25, 0.3) is 10.9 Å². The molecule has 1 aromatic heterocycles. The van der Waals surface area contributed by atoms with Crippen molar-refractivity contribution in [1.82, 2.24) is 25.8 Å². The van der Waals surface area contributed by atoms with E-state index in [1.54, 1.807) is 0 Å². The van der Waals surface area contributed by atoms with Crippen molar-refractivity contribution >= 4 is 40.6 Å². The largest absolute Gasteiger partial charge is 0.460 e. The van der Waals surface area contributed by atoms with Gasteiger partial charge in [0.2, 0.25) is 17.7 Å². The summed E-state index contributed by atoms with van der Waals surface area (Å²) in [6, 6.07) is 5.16. The first kappa shape index (κ1) is 31.8. The number of nitrogens with zero attached hydrogens (tertiary/aromatic N) is 1. The van der Waals surface area contributed by atoms with Gasteiger partial charge in [-0.25, -0.2) is 4.79 Å². The summed E-state index contributed by atoms with van der Waals surface area (Å²) in [5.41, 5.74) is 7.20. The summed E-state index contributed by atoms with van der Waals surface area (Å²) >= 11 is 0. The minimum atomic E-state index is -0.961. The van der Waals surface area contributed by atoms with Crippen LogP contribution >= 0.6 is 0 Å². The number of ether oxygens (including phenoxy) is 1. The first-order chi connectivity index (χ1) is 20.6. The predicted octanol–water partition coefficient (Wildman–Crippen LogP) is 2.08. The molecule has 43 heavy (non-hydrogen) atoms. The highest BCUT2D eigenvalue weighted by Crippen LogP contribution is 2.24. The topological polar surface area (TPSA) is 182 Å². The van der Waals surface area contributed by atoms with Crippen molar-refractivity contribution in [3.8, 4) is 0 Å². The van der Waals surface area contributed by atoms with Gasteiger partial charge in [-0.1, -0.05) is 38.5 Å². The van der Waals surface area contributed by atoms with Gasteiger partial charge in [-0.2, -0.15) is 0 Å². The van der Waals surface area contributed by atoms with E-state index in [1.165, 1.54) is 4.90 Å². The number of rotatable bonds is 10. The van der Waals surface area contributed by atoms with E-state index in [0.29, 0.717) is 44.7 Å². The van der Waals surface area contributed by atoms with Crippen LogP contribution in [0.5, 0.6) is 0 Å². The number of aromatic nitrogens is 1. The Morgan fingerprint density at radius 2 is 1.91 bits per heavy atom. The molecule has 3 heterocycles. The summed E-state index contributed by atoms with van der Waals surface area (Å²) in [5, 5.41) is 16.8. The standard InChI is InChI=1S/C31H45N7O5/c1-19(2)8-5-9-21-17-27(39)36-25(16-20-18-35-23-11-4-3-10-22(20)23)29(41)38-15-7-13-26(38)28(40)37-24(30(42)43-21)12-6-14-34-31(32)33/h3-4,10-11,18-19,21,24-26,35H,5-9,12-17H2,1-2H3,(H,36,39)(H,37,40)(H4,32,33,34)/t21?,24-,25+,26-/m0/s1. The Morgan fingerprint density at radius 1 is 1.12 bits per heavy atom. The molecule has 7 N–H and O–H groups in total. The highest BCUT2D eigenvalue weighted by molar-refractivity contribution is 5.95. The number of H-pyrrole nitrogens is 1. The van der Waals surface area contributed by atoms with Crippen molar-refractivity contribution in [2.45, 2.75) is 95.9 Å². The van der Waals surface area contributed by atoms with Gasteiger partial charge in [0.15, 0.2) is 5.96 Å². The van der Waals surface area contributed by atoms with E-state index in [9.17, 15) is 19.2 Å². The molecule has 2 aliphatic heterocycles. The number of para-hydroxylation sites is 1. The molecule has 0 bridgehead atoms. The van der Waals surface area contributed by atoms with E-state index < -0.39 is 36.1 Å². The molecule has 12 heteroatoms. The zero-order valence-corrected chi connectivity index (χ0v) is 25.1. The number of nitrogens with two attached hydrogens (primary N) is 1.